The Morgan fingerprint density at radius 1 is 1.14 bits per heavy atom. The lowest BCUT2D eigenvalue weighted by Gasteiger charge is -2.46. The van der Waals surface area contributed by atoms with Crippen molar-refractivity contribution in [2.75, 3.05) is 0 Å². The van der Waals surface area contributed by atoms with Gasteiger partial charge in [0.25, 0.3) is 0 Å². The Morgan fingerprint density at radius 3 is 2.77 bits per heavy atom. The van der Waals surface area contributed by atoms with Gasteiger partial charge in [-0.15, -0.1) is 0 Å². The number of phenols is 1. The van der Waals surface area contributed by atoms with E-state index in [1.165, 1.54) is 48.8 Å². The summed E-state index contributed by atoms with van der Waals surface area (Å²) < 4.78 is 0. The molecule has 1 spiro atoms. The Hall–Kier alpha value is -1.50. The number of phenolic OH excluding ortho intramolecular Hbond substituents is 1. The molecule has 4 aliphatic carbocycles. The van der Waals surface area contributed by atoms with Crippen molar-refractivity contribution in [1.29, 1.82) is 0 Å². The molecule has 0 bridgehead atoms. The molecule has 22 heavy (non-hydrogen) atoms. The van der Waals surface area contributed by atoms with Gasteiger partial charge in [0, 0.05) is 5.41 Å². The maximum Gasteiger partial charge on any atom is 0.115 e. The number of benzene rings is 1. The summed E-state index contributed by atoms with van der Waals surface area (Å²) in [6.45, 7) is 9.45. The molecule has 0 radical (unpaired) electrons. The quantitative estimate of drug-likeness (QED) is 0.648. The highest BCUT2D eigenvalue weighted by molar-refractivity contribution is 5.78. The van der Waals surface area contributed by atoms with Gasteiger partial charge < -0.3 is 5.11 Å². The molecule has 1 aromatic carbocycles. The first-order valence-electron chi connectivity index (χ1n) is 8.64. The van der Waals surface area contributed by atoms with E-state index in [9.17, 15) is 5.11 Å². The van der Waals surface area contributed by atoms with Gasteiger partial charge >= 0.3 is 0 Å². The van der Waals surface area contributed by atoms with E-state index in [1.807, 2.05) is 12.1 Å². The van der Waals surface area contributed by atoms with Crippen LogP contribution < -0.4 is 0 Å². The summed E-state index contributed by atoms with van der Waals surface area (Å²) in [5, 5.41) is 9.78. The summed E-state index contributed by atoms with van der Waals surface area (Å²) in [5.41, 5.74) is 8.82. The first-order valence-corrected chi connectivity index (χ1v) is 8.64. The lowest BCUT2D eigenvalue weighted by atomic mass is 9.58. The average molecular weight is 292 g/mol. The SMILES string of the molecule is C=C1C[C@]2(C)C[C@@]23C2=C(CC[C@]13C)c1ccc(O)cc1CC2. The third kappa shape index (κ3) is 1.17. The number of aryl methyl sites for hydroxylation is 1. The molecule has 1 heteroatoms. The normalized spacial score (nSPS) is 41.6. The van der Waals surface area contributed by atoms with Crippen molar-refractivity contribution < 1.29 is 5.11 Å². The van der Waals surface area contributed by atoms with Gasteiger partial charge in [0.1, 0.15) is 5.75 Å². The summed E-state index contributed by atoms with van der Waals surface area (Å²) in [6.07, 6.45) is 7.29. The summed E-state index contributed by atoms with van der Waals surface area (Å²) in [6, 6.07) is 5.99. The van der Waals surface area contributed by atoms with Crippen LogP contribution in [0.1, 0.15) is 57.1 Å². The maximum atomic E-state index is 9.78. The summed E-state index contributed by atoms with van der Waals surface area (Å²) in [7, 11) is 0. The van der Waals surface area contributed by atoms with Gasteiger partial charge in [-0.2, -0.15) is 0 Å². The van der Waals surface area contributed by atoms with E-state index >= 15 is 0 Å². The zero-order valence-electron chi connectivity index (χ0n) is 13.6. The molecule has 114 valence electrons. The van der Waals surface area contributed by atoms with Crippen LogP contribution in [0.4, 0.5) is 0 Å². The fourth-order valence-electron chi connectivity index (χ4n) is 6.56. The molecule has 5 rings (SSSR count). The highest BCUT2D eigenvalue weighted by atomic mass is 16.3. The van der Waals surface area contributed by atoms with E-state index in [0.717, 1.165) is 6.42 Å². The summed E-state index contributed by atoms with van der Waals surface area (Å²) >= 11 is 0. The Bertz CT molecular complexity index is 770. The Balaban J connectivity index is 1.74. The molecule has 1 nitrogen and oxygen atoms in total. The van der Waals surface area contributed by atoms with Crippen LogP contribution in [-0.4, -0.2) is 5.11 Å². The topological polar surface area (TPSA) is 20.2 Å². The summed E-state index contributed by atoms with van der Waals surface area (Å²) in [5.74, 6) is 0.409. The van der Waals surface area contributed by atoms with Crippen LogP contribution in [0.15, 0.2) is 35.9 Å². The van der Waals surface area contributed by atoms with Crippen LogP contribution in [0.2, 0.25) is 0 Å². The zero-order valence-corrected chi connectivity index (χ0v) is 13.6. The van der Waals surface area contributed by atoms with Crippen LogP contribution in [-0.2, 0) is 6.42 Å². The van der Waals surface area contributed by atoms with Crippen LogP contribution in [0, 0.1) is 16.2 Å². The van der Waals surface area contributed by atoms with Gasteiger partial charge in [-0.25, -0.2) is 0 Å². The summed E-state index contributed by atoms with van der Waals surface area (Å²) in [4.78, 5) is 0. The number of allylic oxidation sites excluding steroid dienone is 3. The number of fused-ring (bicyclic) bond motifs is 2. The minimum absolute atomic E-state index is 0.328. The molecular weight excluding hydrogens is 268 g/mol. The molecule has 0 aromatic heterocycles. The van der Waals surface area contributed by atoms with Crippen LogP contribution in [0.25, 0.3) is 5.57 Å². The number of aromatic hydroxyl groups is 1. The Labute approximate surface area is 132 Å². The minimum Gasteiger partial charge on any atom is -0.508 e. The van der Waals surface area contributed by atoms with Crippen LogP contribution in [0.5, 0.6) is 5.75 Å². The van der Waals surface area contributed by atoms with Crippen LogP contribution >= 0.6 is 0 Å². The Morgan fingerprint density at radius 2 is 1.95 bits per heavy atom. The van der Waals surface area contributed by atoms with Gasteiger partial charge in [0.15, 0.2) is 0 Å². The van der Waals surface area contributed by atoms with Gasteiger partial charge in [-0.05, 0) is 78.2 Å². The van der Waals surface area contributed by atoms with E-state index in [1.54, 1.807) is 11.1 Å². The van der Waals surface area contributed by atoms with Crippen LogP contribution in [0.3, 0.4) is 0 Å². The molecule has 0 saturated heterocycles. The fourth-order valence-corrected chi connectivity index (χ4v) is 6.56. The smallest absolute Gasteiger partial charge is 0.115 e. The van der Waals surface area contributed by atoms with E-state index in [2.05, 4.69) is 26.5 Å². The second-order valence-electron chi connectivity index (χ2n) is 8.55. The van der Waals surface area contributed by atoms with E-state index in [0.29, 0.717) is 22.0 Å². The van der Waals surface area contributed by atoms with Gasteiger partial charge in [-0.1, -0.05) is 37.6 Å². The van der Waals surface area contributed by atoms with E-state index < -0.39 is 0 Å². The van der Waals surface area contributed by atoms with Crippen molar-refractivity contribution >= 4 is 5.57 Å². The third-order valence-corrected chi connectivity index (χ3v) is 7.70. The minimum atomic E-state index is 0.328. The van der Waals surface area contributed by atoms with Crippen molar-refractivity contribution in [3.8, 4) is 5.75 Å². The molecule has 2 fully saturated rings. The number of hydrogen-bond donors (Lipinski definition) is 1. The molecule has 0 heterocycles. The van der Waals surface area contributed by atoms with Crippen molar-refractivity contribution in [2.24, 2.45) is 16.2 Å². The average Bonchev–Trinajstić information content (AvgIpc) is 3.03. The highest BCUT2D eigenvalue weighted by Gasteiger charge is 2.78. The molecule has 0 amide bonds. The molecule has 0 aliphatic heterocycles. The monoisotopic (exact) mass is 292 g/mol. The third-order valence-electron chi connectivity index (χ3n) is 7.70. The molecule has 0 unspecified atom stereocenters. The largest absolute Gasteiger partial charge is 0.508 e. The van der Waals surface area contributed by atoms with E-state index in [4.69, 9.17) is 0 Å². The van der Waals surface area contributed by atoms with Gasteiger partial charge in [-0.3, -0.25) is 0 Å². The second-order valence-corrected chi connectivity index (χ2v) is 8.55. The Kier molecular flexibility index (Phi) is 2.08. The predicted octanol–water partition coefficient (Wildman–Crippen LogP) is 5.25. The standard InChI is InChI=1S/C21H24O/c1-13-11-19(2)12-21(19)18-7-4-14-10-15(22)5-6-16(14)17(18)8-9-20(13,21)3/h5-6,10,22H,1,4,7-9,11-12H2,2-3H3/t19-,20-,21-/m1/s1. The molecule has 2 saturated carbocycles. The lowest BCUT2D eigenvalue weighted by molar-refractivity contribution is 0.216. The first kappa shape index (κ1) is 13.0. The molecule has 4 aliphatic rings. The number of hydrogen-bond acceptors (Lipinski definition) is 1. The second kappa shape index (κ2) is 3.53. The molecular formula is C21H24O. The zero-order chi connectivity index (χ0) is 15.3. The molecule has 1 N–H and O–H groups in total. The highest BCUT2D eigenvalue weighted by Crippen LogP contribution is 2.87. The maximum absolute atomic E-state index is 9.78. The lowest BCUT2D eigenvalue weighted by Crippen LogP contribution is -2.35. The van der Waals surface area contributed by atoms with Crippen molar-refractivity contribution in [1.82, 2.24) is 0 Å². The van der Waals surface area contributed by atoms with Crippen molar-refractivity contribution in [3.05, 3.63) is 47.1 Å². The number of rotatable bonds is 0. The van der Waals surface area contributed by atoms with Gasteiger partial charge in [0.05, 0.1) is 0 Å². The molecule has 1 aromatic rings. The fraction of sp³-hybridized carbons (Fsp3) is 0.524. The van der Waals surface area contributed by atoms with Gasteiger partial charge in [0.2, 0.25) is 0 Å². The van der Waals surface area contributed by atoms with Crippen molar-refractivity contribution in [2.45, 2.75) is 52.4 Å². The predicted molar refractivity (Wildman–Crippen MR) is 89.6 cm³/mol. The van der Waals surface area contributed by atoms with E-state index in [-0.39, 0.29) is 0 Å². The van der Waals surface area contributed by atoms with Crippen molar-refractivity contribution in [3.63, 3.8) is 0 Å². The first-order chi connectivity index (χ1) is 10.4. The molecule has 3 atom stereocenters.